The summed E-state index contributed by atoms with van der Waals surface area (Å²) >= 11 is 3.44. The van der Waals surface area contributed by atoms with Crippen molar-refractivity contribution in [1.82, 2.24) is 10.2 Å². The molecule has 2 aromatic rings. The van der Waals surface area contributed by atoms with Gasteiger partial charge in [-0.15, -0.1) is 10.2 Å². The van der Waals surface area contributed by atoms with Crippen LogP contribution in [0.4, 0.5) is 5.69 Å². The number of para-hydroxylation sites is 1. The molecule has 0 amide bonds. The zero-order chi connectivity index (χ0) is 11.9. The maximum absolute atomic E-state index is 4.08. The largest absolute Gasteiger partial charge is 0.385 e. The van der Waals surface area contributed by atoms with Crippen molar-refractivity contribution < 1.29 is 0 Å². The summed E-state index contributed by atoms with van der Waals surface area (Å²) in [6.45, 7) is 2.98. The maximum Gasteiger partial charge on any atom is 0.174 e. The van der Waals surface area contributed by atoms with Gasteiger partial charge in [0.25, 0.3) is 0 Å². The average Bonchev–Trinajstić information content (AvgIpc) is 2.76. The predicted molar refractivity (Wildman–Crippen MR) is 74.9 cm³/mol. The molecular formula is C12H15N3S2. The van der Waals surface area contributed by atoms with E-state index in [0.29, 0.717) is 0 Å². The second-order valence-electron chi connectivity index (χ2n) is 3.58. The Hall–Kier alpha value is -1.07. The molecule has 17 heavy (non-hydrogen) atoms. The highest BCUT2D eigenvalue weighted by atomic mass is 32.2. The van der Waals surface area contributed by atoms with Crippen LogP contribution in [0.3, 0.4) is 0 Å². The Kier molecular flexibility index (Phi) is 4.82. The Bertz CT molecular complexity index is 442. The molecule has 0 aliphatic heterocycles. The van der Waals surface area contributed by atoms with Crippen LogP contribution in [0.15, 0.2) is 34.7 Å². The maximum atomic E-state index is 4.08. The molecule has 1 N–H and O–H groups in total. The second-order valence-corrected chi connectivity index (χ2v) is 6.11. The Morgan fingerprint density at radius 1 is 1.24 bits per heavy atom. The van der Waals surface area contributed by atoms with E-state index in [0.717, 1.165) is 28.1 Å². The monoisotopic (exact) mass is 265 g/mol. The standard InChI is InChI=1S/C12H15N3S2/c1-10-14-15-12(17-10)16-9-5-8-13-11-6-3-2-4-7-11/h2-4,6-7,13H,5,8-9H2,1H3. The predicted octanol–water partition coefficient (Wildman–Crippen LogP) is 3.44. The van der Waals surface area contributed by atoms with E-state index in [9.17, 15) is 0 Å². The third-order valence-corrected chi connectivity index (χ3v) is 4.22. The van der Waals surface area contributed by atoms with Gasteiger partial charge in [-0.1, -0.05) is 41.3 Å². The van der Waals surface area contributed by atoms with Gasteiger partial charge in [-0.3, -0.25) is 0 Å². The fourth-order valence-electron chi connectivity index (χ4n) is 1.36. The lowest BCUT2D eigenvalue weighted by atomic mass is 10.3. The second kappa shape index (κ2) is 6.61. The fourth-order valence-corrected chi connectivity index (χ4v) is 3.18. The minimum atomic E-state index is 0.995. The van der Waals surface area contributed by atoms with Gasteiger partial charge in [-0.2, -0.15) is 0 Å². The van der Waals surface area contributed by atoms with Gasteiger partial charge in [0.1, 0.15) is 5.01 Å². The van der Waals surface area contributed by atoms with Crippen LogP contribution in [-0.2, 0) is 0 Å². The summed E-state index contributed by atoms with van der Waals surface area (Å²) in [6, 6.07) is 10.3. The molecule has 0 unspecified atom stereocenters. The highest BCUT2D eigenvalue weighted by molar-refractivity contribution is 8.01. The molecule has 3 nitrogen and oxygen atoms in total. The van der Waals surface area contributed by atoms with Crippen LogP contribution in [0.25, 0.3) is 0 Å². The first-order valence-electron chi connectivity index (χ1n) is 5.56. The normalized spacial score (nSPS) is 10.4. The van der Waals surface area contributed by atoms with Gasteiger partial charge < -0.3 is 5.32 Å². The zero-order valence-electron chi connectivity index (χ0n) is 9.72. The van der Waals surface area contributed by atoms with Crippen LogP contribution in [0, 0.1) is 6.92 Å². The number of nitrogens with one attached hydrogen (secondary N) is 1. The molecule has 0 saturated carbocycles. The number of hydrogen-bond acceptors (Lipinski definition) is 5. The topological polar surface area (TPSA) is 37.8 Å². The van der Waals surface area contributed by atoms with Crippen LogP contribution in [0.2, 0.25) is 0 Å². The van der Waals surface area contributed by atoms with Crippen molar-refractivity contribution in [2.45, 2.75) is 17.7 Å². The molecule has 90 valence electrons. The Morgan fingerprint density at radius 3 is 2.76 bits per heavy atom. The molecule has 0 spiro atoms. The van der Waals surface area contributed by atoms with Crippen molar-refractivity contribution in [2.75, 3.05) is 17.6 Å². The van der Waals surface area contributed by atoms with Crippen molar-refractivity contribution >= 4 is 28.8 Å². The van der Waals surface area contributed by atoms with Gasteiger partial charge in [0.15, 0.2) is 4.34 Å². The smallest absolute Gasteiger partial charge is 0.174 e. The quantitative estimate of drug-likeness (QED) is 0.641. The van der Waals surface area contributed by atoms with Crippen LogP contribution >= 0.6 is 23.1 Å². The van der Waals surface area contributed by atoms with E-state index in [2.05, 4.69) is 27.6 Å². The Balaban J connectivity index is 1.61. The first-order chi connectivity index (χ1) is 8.34. The van der Waals surface area contributed by atoms with E-state index in [1.54, 1.807) is 23.1 Å². The lowest BCUT2D eigenvalue weighted by Gasteiger charge is -2.04. The van der Waals surface area contributed by atoms with Crippen molar-refractivity contribution in [2.24, 2.45) is 0 Å². The SMILES string of the molecule is Cc1nnc(SCCCNc2ccccc2)s1. The molecule has 0 saturated heterocycles. The number of rotatable bonds is 6. The van der Waals surface area contributed by atoms with Crippen LogP contribution in [0.1, 0.15) is 11.4 Å². The zero-order valence-corrected chi connectivity index (χ0v) is 11.4. The summed E-state index contributed by atoms with van der Waals surface area (Å²) < 4.78 is 1.07. The minimum Gasteiger partial charge on any atom is -0.385 e. The van der Waals surface area contributed by atoms with Crippen molar-refractivity contribution in [3.05, 3.63) is 35.3 Å². The van der Waals surface area contributed by atoms with Crippen molar-refractivity contribution in [3.8, 4) is 0 Å². The third kappa shape index (κ3) is 4.36. The Labute approximate surface area is 110 Å². The minimum absolute atomic E-state index is 0.995. The highest BCUT2D eigenvalue weighted by Gasteiger charge is 2.00. The average molecular weight is 265 g/mol. The lowest BCUT2D eigenvalue weighted by molar-refractivity contribution is 0.968. The van der Waals surface area contributed by atoms with Gasteiger partial charge >= 0.3 is 0 Å². The summed E-state index contributed by atoms with van der Waals surface area (Å²) in [4.78, 5) is 0. The van der Waals surface area contributed by atoms with Crippen LogP contribution in [-0.4, -0.2) is 22.5 Å². The molecule has 0 atom stereocenters. The fraction of sp³-hybridized carbons (Fsp3) is 0.333. The molecule has 0 aliphatic carbocycles. The molecule has 0 radical (unpaired) electrons. The molecule has 1 aromatic heterocycles. The van der Waals surface area contributed by atoms with E-state index in [1.807, 2.05) is 25.1 Å². The number of aromatic nitrogens is 2. The highest BCUT2D eigenvalue weighted by Crippen LogP contribution is 2.22. The van der Waals surface area contributed by atoms with Crippen molar-refractivity contribution in [3.63, 3.8) is 0 Å². The summed E-state index contributed by atoms with van der Waals surface area (Å²) in [5, 5.41) is 12.5. The summed E-state index contributed by atoms with van der Waals surface area (Å²) in [5.74, 6) is 1.08. The summed E-state index contributed by atoms with van der Waals surface area (Å²) in [7, 11) is 0. The van der Waals surface area contributed by atoms with Crippen molar-refractivity contribution in [1.29, 1.82) is 0 Å². The molecular weight excluding hydrogens is 250 g/mol. The molecule has 5 heteroatoms. The van der Waals surface area contributed by atoms with Crippen LogP contribution in [0.5, 0.6) is 0 Å². The number of nitrogens with zero attached hydrogens (tertiary/aromatic N) is 2. The molecule has 1 aromatic carbocycles. The number of thioether (sulfide) groups is 1. The lowest BCUT2D eigenvalue weighted by Crippen LogP contribution is -2.01. The number of hydrogen-bond donors (Lipinski definition) is 1. The van der Waals surface area contributed by atoms with Gasteiger partial charge in [0.05, 0.1) is 0 Å². The van der Waals surface area contributed by atoms with E-state index < -0.39 is 0 Å². The molecule has 2 rings (SSSR count). The third-order valence-electron chi connectivity index (χ3n) is 2.16. The first kappa shape index (κ1) is 12.4. The molecule has 0 bridgehead atoms. The number of anilines is 1. The Morgan fingerprint density at radius 2 is 2.06 bits per heavy atom. The molecule has 0 aliphatic rings. The van der Waals surface area contributed by atoms with Crippen LogP contribution < -0.4 is 5.32 Å². The van der Waals surface area contributed by atoms with E-state index in [1.165, 1.54) is 5.69 Å². The van der Waals surface area contributed by atoms with Gasteiger partial charge in [-0.25, -0.2) is 0 Å². The number of aryl methyl sites for hydroxylation is 1. The van der Waals surface area contributed by atoms with Gasteiger partial charge in [0, 0.05) is 18.0 Å². The summed E-state index contributed by atoms with van der Waals surface area (Å²) in [5.41, 5.74) is 1.18. The first-order valence-corrected chi connectivity index (χ1v) is 7.36. The van der Waals surface area contributed by atoms with E-state index in [4.69, 9.17) is 0 Å². The number of benzene rings is 1. The van der Waals surface area contributed by atoms with Gasteiger partial charge in [0.2, 0.25) is 0 Å². The summed E-state index contributed by atoms with van der Waals surface area (Å²) in [6.07, 6.45) is 1.12. The van der Waals surface area contributed by atoms with E-state index >= 15 is 0 Å². The van der Waals surface area contributed by atoms with E-state index in [-0.39, 0.29) is 0 Å². The molecule has 1 heterocycles. The van der Waals surface area contributed by atoms with Gasteiger partial charge in [-0.05, 0) is 25.5 Å². The molecule has 0 fully saturated rings.